The lowest BCUT2D eigenvalue weighted by Gasteiger charge is -2.28. The number of imidazole rings is 1. The fourth-order valence-electron chi connectivity index (χ4n) is 3.59. The van der Waals surface area contributed by atoms with Gasteiger partial charge in [-0.05, 0) is 25.8 Å². The second-order valence-corrected chi connectivity index (χ2v) is 7.15. The summed E-state index contributed by atoms with van der Waals surface area (Å²) in [4.78, 5) is 7.85. The van der Waals surface area contributed by atoms with Crippen LogP contribution in [0.15, 0.2) is 24.4 Å². The van der Waals surface area contributed by atoms with Gasteiger partial charge in [0.25, 0.3) is 0 Å². The number of para-hydroxylation sites is 1. The normalized spacial score (nSPS) is 20.0. The molecule has 0 N–H and O–H groups in total. The molecule has 0 spiro atoms. The molecule has 1 aromatic carbocycles. The number of ether oxygens (including phenoxy) is 2. The van der Waals surface area contributed by atoms with Crippen LogP contribution in [0.3, 0.4) is 0 Å². The molecule has 5 rings (SSSR count). The van der Waals surface area contributed by atoms with E-state index >= 15 is 0 Å². The number of hydrogen-bond acceptors (Lipinski definition) is 6. The quantitative estimate of drug-likeness (QED) is 0.716. The lowest BCUT2D eigenvalue weighted by Crippen LogP contribution is -2.24. The summed E-state index contributed by atoms with van der Waals surface area (Å²) in [6.45, 7) is 4.23. The van der Waals surface area contributed by atoms with E-state index in [0.29, 0.717) is 13.2 Å². The highest BCUT2D eigenvalue weighted by Gasteiger charge is 2.32. The lowest BCUT2D eigenvalue weighted by atomic mass is 10.0. The van der Waals surface area contributed by atoms with Crippen LogP contribution in [0.25, 0.3) is 4.96 Å². The summed E-state index contributed by atoms with van der Waals surface area (Å²) in [6.07, 6.45) is 4.22. The van der Waals surface area contributed by atoms with E-state index in [1.165, 1.54) is 5.56 Å². The summed E-state index contributed by atoms with van der Waals surface area (Å²) in [5.74, 6) is 1.76. The molecule has 2 aromatic heterocycles. The molecule has 0 saturated carbocycles. The predicted octanol–water partition coefficient (Wildman–Crippen LogP) is 3.21. The first-order valence-electron chi connectivity index (χ1n) is 8.27. The standard InChI is InChI=1S/C17H18N4O2S/c1-11-10-21-16(18-11)24-17(19-21)20-7-3-5-13(20)12-4-2-6-14-15(12)23-9-8-22-14/h2,4,6,10,13H,3,5,7-9H2,1H3/t13-/m1/s1. The molecule has 0 unspecified atom stereocenters. The Labute approximate surface area is 143 Å². The summed E-state index contributed by atoms with van der Waals surface area (Å²) in [6, 6.07) is 6.47. The van der Waals surface area contributed by atoms with Gasteiger partial charge in [0.15, 0.2) is 11.5 Å². The molecule has 1 fully saturated rings. The van der Waals surface area contributed by atoms with Gasteiger partial charge >= 0.3 is 0 Å². The Morgan fingerprint density at radius 1 is 1.25 bits per heavy atom. The van der Waals surface area contributed by atoms with Gasteiger partial charge in [0.1, 0.15) is 13.2 Å². The van der Waals surface area contributed by atoms with E-state index in [1.54, 1.807) is 11.3 Å². The van der Waals surface area contributed by atoms with Crippen LogP contribution in [0.1, 0.15) is 30.1 Å². The number of fused-ring (bicyclic) bond motifs is 2. The van der Waals surface area contributed by atoms with Gasteiger partial charge < -0.3 is 14.4 Å². The van der Waals surface area contributed by atoms with Gasteiger partial charge in [-0.15, -0.1) is 5.10 Å². The third kappa shape index (κ3) is 2.15. The van der Waals surface area contributed by atoms with Crippen molar-refractivity contribution in [3.63, 3.8) is 0 Å². The number of nitrogens with zero attached hydrogens (tertiary/aromatic N) is 4. The van der Waals surface area contributed by atoms with E-state index in [9.17, 15) is 0 Å². The van der Waals surface area contributed by atoms with Crippen LogP contribution in [0, 0.1) is 6.92 Å². The number of aromatic nitrogens is 3. The van der Waals surface area contributed by atoms with Crippen LogP contribution in [0.5, 0.6) is 11.5 Å². The molecule has 4 heterocycles. The van der Waals surface area contributed by atoms with Gasteiger partial charge in [0.2, 0.25) is 10.1 Å². The van der Waals surface area contributed by atoms with Crippen LogP contribution < -0.4 is 14.4 Å². The fraction of sp³-hybridized carbons (Fsp3) is 0.412. The van der Waals surface area contributed by atoms with E-state index < -0.39 is 0 Å². The number of anilines is 1. The Hall–Kier alpha value is -2.28. The summed E-state index contributed by atoms with van der Waals surface area (Å²) in [7, 11) is 0. The van der Waals surface area contributed by atoms with Crippen molar-refractivity contribution in [2.24, 2.45) is 0 Å². The van der Waals surface area contributed by atoms with Crippen molar-refractivity contribution in [3.8, 4) is 11.5 Å². The maximum absolute atomic E-state index is 5.92. The second-order valence-electron chi connectivity index (χ2n) is 6.22. The van der Waals surface area contributed by atoms with Gasteiger partial charge in [-0.3, -0.25) is 0 Å². The van der Waals surface area contributed by atoms with Gasteiger partial charge in [0.05, 0.1) is 17.9 Å². The Kier molecular flexibility index (Phi) is 3.16. The van der Waals surface area contributed by atoms with Gasteiger partial charge in [-0.2, -0.15) is 0 Å². The van der Waals surface area contributed by atoms with E-state index in [0.717, 1.165) is 46.7 Å². The average Bonchev–Trinajstić information content (AvgIpc) is 3.28. The third-order valence-electron chi connectivity index (χ3n) is 4.61. The molecule has 6 nitrogen and oxygen atoms in total. The van der Waals surface area contributed by atoms with Crippen LogP contribution in [-0.2, 0) is 0 Å². The minimum Gasteiger partial charge on any atom is -0.486 e. The zero-order valence-electron chi connectivity index (χ0n) is 13.4. The molecule has 0 radical (unpaired) electrons. The predicted molar refractivity (Wildman–Crippen MR) is 92.4 cm³/mol. The molecular formula is C17H18N4O2S. The van der Waals surface area contributed by atoms with Crippen molar-refractivity contribution in [1.29, 1.82) is 0 Å². The molecule has 7 heteroatoms. The van der Waals surface area contributed by atoms with Crippen molar-refractivity contribution in [1.82, 2.24) is 14.6 Å². The Balaban J connectivity index is 1.54. The van der Waals surface area contributed by atoms with Crippen LogP contribution in [-0.4, -0.2) is 34.4 Å². The smallest absolute Gasteiger partial charge is 0.214 e. The topological polar surface area (TPSA) is 51.9 Å². The molecule has 0 aliphatic carbocycles. The molecule has 0 amide bonds. The number of benzene rings is 1. The zero-order valence-corrected chi connectivity index (χ0v) is 14.3. The first-order chi connectivity index (χ1) is 11.8. The maximum atomic E-state index is 5.92. The summed E-state index contributed by atoms with van der Waals surface area (Å²) >= 11 is 1.65. The maximum Gasteiger partial charge on any atom is 0.214 e. The lowest BCUT2D eigenvalue weighted by molar-refractivity contribution is 0.169. The first-order valence-corrected chi connectivity index (χ1v) is 9.09. The van der Waals surface area contributed by atoms with Crippen molar-refractivity contribution in [2.45, 2.75) is 25.8 Å². The van der Waals surface area contributed by atoms with E-state index in [-0.39, 0.29) is 6.04 Å². The average molecular weight is 342 g/mol. The first kappa shape index (κ1) is 14.1. The van der Waals surface area contributed by atoms with Crippen LogP contribution >= 0.6 is 11.3 Å². The highest BCUT2D eigenvalue weighted by atomic mass is 32.1. The molecule has 1 atom stereocenters. The van der Waals surface area contributed by atoms with Crippen LogP contribution in [0.2, 0.25) is 0 Å². The fourth-order valence-corrected chi connectivity index (χ4v) is 4.60. The number of aryl methyl sites for hydroxylation is 1. The summed E-state index contributed by atoms with van der Waals surface area (Å²) in [5, 5.41) is 5.75. The Morgan fingerprint density at radius 3 is 3.08 bits per heavy atom. The van der Waals surface area contributed by atoms with Gasteiger partial charge in [-0.1, -0.05) is 23.5 Å². The number of rotatable bonds is 2. The van der Waals surface area contributed by atoms with E-state index in [4.69, 9.17) is 14.6 Å². The summed E-state index contributed by atoms with van der Waals surface area (Å²) < 4.78 is 13.5. The molecule has 24 heavy (non-hydrogen) atoms. The van der Waals surface area contributed by atoms with Crippen molar-refractivity contribution in [3.05, 3.63) is 35.7 Å². The monoisotopic (exact) mass is 342 g/mol. The van der Waals surface area contributed by atoms with Crippen molar-refractivity contribution >= 4 is 21.4 Å². The highest BCUT2D eigenvalue weighted by molar-refractivity contribution is 7.20. The van der Waals surface area contributed by atoms with Crippen molar-refractivity contribution in [2.75, 3.05) is 24.7 Å². The molecule has 1 saturated heterocycles. The second kappa shape index (κ2) is 5.37. The third-order valence-corrected chi connectivity index (χ3v) is 5.57. The Bertz CT molecular complexity index is 872. The molecule has 2 aliphatic heterocycles. The molecule has 0 bridgehead atoms. The minimum atomic E-state index is 0.276. The molecule has 2 aliphatic rings. The highest BCUT2D eigenvalue weighted by Crippen LogP contribution is 2.45. The van der Waals surface area contributed by atoms with Gasteiger partial charge in [0, 0.05) is 12.1 Å². The summed E-state index contributed by atoms with van der Waals surface area (Å²) in [5.41, 5.74) is 2.20. The minimum absolute atomic E-state index is 0.276. The zero-order chi connectivity index (χ0) is 16.1. The largest absolute Gasteiger partial charge is 0.486 e. The number of hydrogen-bond donors (Lipinski definition) is 0. The Morgan fingerprint density at radius 2 is 2.17 bits per heavy atom. The van der Waals surface area contributed by atoms with Crippen molar-refractivity contribution < 1.29 is 9.47 Å². The van der Waals surface area contributed by atoms with E-state index in [2.05, 4.69) is 22.0 Å². The van der Waals surface area contributed by atoms with Crippen LogP contribution in [0.4, 0.5) is 5.13 Å². The molecule has 124 valence electrons. The van der Waals surface area contributed by atoms with E-state index in [1.807, 2.05) is 23.7 Å². The van der Waals surface area contributed by atoms with Gasteiger partial charge in [-0.25, -0.2) is 9.50 Å². The molecule has 3 aromatic rings. The SMILES string of the molecule is Cc1cn2nc(N3CCC[C@@H]3c3cccc4c3OCCO4)sc2n1. The molecular weight excluding hydrogens is 324 g/mol.